The number of hydrogen-bond acceptors (Lipinski definition) is 3. The first-order chi connectivity index (χ1) is 10.0. The van der Waals surface area contributed by atoms with Gasteiger partial charge in [0, 0.05) is 4.88 Å². The topological polar surface area (TPSA) is 52.9 Å². The van der Waals surface area contributed by atoms with Crippen LogP contribution in [0.25, 0.3) is 6.08 Å². The van der Waals surface area contributed by atoms with Crippen LogP contribution < -0.4 is 5.32 Å². The average molecular weight is 337 g/mol. The van der Waals surface area contributed by atoms with E-state index >= 15 is 0 Å². The van der Waals surface area contributed by atoms with Crippen molar-refractivity contribution in [3.8, 4) is 6.07 Å². The number of nitrogens with zero attached hydrogens (tertiary/aromatic N) is 1. The summed E-state index contributed by atoms with van der Waals surface area (Å²) in [6.45, 7) is 1.92. The van der Waals surface area contributed by atoms with Crippen LogP contribution >= 0.6 is 34.5 Å². The van der Waals surface area contributed by atoms with Gasteiger partial charge in [0.1, 0.15) is 11.6 Å². The molecule has 0 fully saturated rings. The standard InChI is InChI=1S/C15H10Cl2N2OS/c1-9-5-6-21-13(9)7-10(8-18)15(20)19-14-11(16)3-2-4-12(14)17/h2-7H,1H3,(H,19,20)/b10-7+. The summed E-state index contributed by atoms with van der Waals surface area (Å²) in [6.07, 6.45) is 1.56. The van der Waals surface area contributed by atoms with Gasteiger partial charge in [-0.1, -0.05) is 29.3 Å². The smallest absolute Gasteiger partial charge is 0.266 e. The number of para-hydroxylation sites is 1. The summed E-state index contributed by atoms with van der Waals surface area (Å²) < 4.78 is 0. The third-order valence-corrected chi connectivity index (χ3v) is 4.34. The van der Waals surface area contributed by atoms with Gasteiger partial charge < -0.3 is 5.32 Å². The van der Waals surface area contributed by atoms with Gasteiger partial charge in [-0.05, 0) is 42.1 Å². The zero-order chi connectivity index (χ0) is 15.4. The fourth-order valence-corrected chi connectivity index (χ4v) is 2.96. The highest BCUT2D eigenvalue weighted by Gasteiger charge is 2.14. The number of amides is 1. The minimum absolute atomic E-state index is 0.00321. The third-order valence-electron chi connectivity index (χ3n) is 2.74. The highest BCUT2D eigenvalue weighted by molar-refractivity contribution is 7.11. The molecule has 0 spiro atoms. The summed E-state index contributed by atoms with van der Waals surface area (Å²) in [4.78, 5) is 13.0. The minimum atomic E-state index is -0.541. The molecule has 0 unspecified atom stereocenters. The molecule has 6 heteroatoms. The number of benzene rings is 1. The zero-order valence-electron chi connectivity index (χ0n) is 11.0. The molecule has 2 aromatic rings. The van der Waals surface area contributed by atoms with Crippen molar-refractivity contribution < 1.29 is 4.79 Å². The van der Waals surface area contributed by atoms with Crippen molar-refractivity contribution in [2.75, 3.05) is 5.32 Å². The van der Waals surface area contributed by atoms with Crippen LogP contribution in [-0.4, -0.2) is 5.91 Å². The fraction of sp³-hybridized carbons (Fsp3) is 0.0667. The SMILES string of the molecule is Cc1ccsc1/C=C(\C#N)C(=O)Nc1c(Cl)cccc1Cl. The lowest BCUT2D eigenvalue weighted by Crippen LogP contribution is -2.14. The molecule has 21 heavy (non-hydrogen) atoms. The Balaban J connectivity index is 2.29. The van der Waals surface area contributed by atoms with Gasteiger partial charge in [-0.15, -0.1) is 11.3 Å². The Morgan fingerprint density at radius 3 is 2.52 bits per heavy atom. The van der Waals surface area contributed by atoms with Crippen LogP contribution in [0.4, 0.5) is 5.69 Å². The number of aryl methyl sites for hydroxylation is 1. The Hall–Kier alpha value is -1.80. The van der Waals surface area contributed by atoms with Gasteiger partial charge in [0.2, 0.25) is 0 Å². The minimum Gasteiger partial charge on any atom is -0.319 e. The molecule has 0 aliphatic carbocycles. The van der Waals surface area contributed by atoms with Crippen LogP contribution in [0.1, 0.15) is 10.4 Å². The summed E-state index contributed by atoms with van der Waals surface area (Å²) in [5.41, 5.74) is 1.31. The highest BCUT2D eigenvalue weighted by Crippen LogP contribution is 2.30. The van der Waals surface area contributed by atoms with Crippen LogP contribution in [-0.2, 0) is 4.79 Å². The fourth-order valence-electron chi connectivity index (χ4n) is 1.61. The number of halogens is 2. The summed E-state index contributed by atoms with van der Waals surface area (Å²) in [5, 5.41) is 14.3. The first-order valence-electron chi connectivity index (χ1n) is 5.94. The summed E-state index contributed by atoms with van der Waals surface area (Å²) in [7, 11) is 0. The third kappa shape index (κ3) is 3.64. The number of thiophene rings is 1. The average Bonchev–Trinajstić information content (AvgIpc) is 2.85. The second-order valence-corrected chi connectivity index (χ2v) is 5.95. The van der Waals surface area contributed by atoms with Gasteiger partial charge in [0.15, 0.2) is 0 Å². The molecule has 0 aliphatic rings. The van der Waals surface area contributed by atoms with Crippen LogP contribution in [0, 0.1) is 18.3 Å². The predicted molar refractivity (Wildman–Crippen MR) is 87.7 cm³/mol. The number of carbonyl (C=O) groups excluding carboxylic acids is 1. The van der Waals surface area contributed by atoms with Gasteiger partial charge in [-0.3, -0.25) is 4.79 Å². The Morgan fingerprint density at radius 2 is 2.00 bits per heavy atom. The van der Waals surface area contributed by atoms with E-state index in [1.807, 2.05) is 24.4 Å². The molecular formula is C15H10Cl2N2OS. The highest BCUT2D eigenvalue weighted by atomic mass is 35.5. The molecule has 0 bridgehead atoms. The molecular weight excluding hydrogens is 327 g/mol. The van der Waals surface area contributed by atoms with E-state index in [4.69, 9.17) is 28.5 Å². The van der Waals surface area contributed by atoms with Gasteiger partial charge in [0.25, 0.3) is 5.91 Å². The lowest BCUT2D eigenvalue weighted by Gasteiger charge is -2.08. The lowest BCUT2D eigenvalue weighted by molar-refractivity contribution is -0.112. The second-order valence-electron chi connectivity index (χ2n) is 4.19. The van der Waals surface area contributed by atoms with Crippen molar-refractivity contribution in [1.29, 1.82) is 5.26 Å². The maximum absolute atomic E-state index is 12.2. The van der Waals surface area contributed by atoms with Gasteiger partial charge in [-0.25, -0.2) is 0 Å². The van der Waals surface area contributed by atoms with Crippen molar-refractivity contribution in [2.24, 2.45) is 0 Å². The van der Waals surface area contributed by atoms with E-state index in [1.54, 1.807) is 24.3 Å². The van der Waals surface area contributed by atoms with E-state index in [0.29, 0.717) is 15.7 Å². The number of nitriles is 1. The first-order valence-corrected chi connectivity index (χ1v) is 7.57. The maximum atomic E-state index is 12.2. The molecule has 1 aromatic carbocycles. The predicted octanol–water partition coefficient (Wildman–Crippen LogP) is 4.91. The quantitative estimate of drug-likeness (QED) is 0.639. The molecule has 1 aromatic heterocycles. The Kier molecular flexibility index (Phi) is 5.03. The molecule has 1 amide bonds. The molecule has 3 nitrogen and oxygen atoms in total. The molecule has 0 atom stereocenters. The van der Waals surface area contributed by atoms with Crippen LogP contribution in [0.3, 0.4) is 0 Å². The maximum Gasteiger partial charge on any atom is 0.266 e. The van der Waals surface area contributed by atoms with E-state index in [1.165, 1.54) is 11.3 Å². The largest absolute Gasteiger partial charge is 0.319 e. The number of hydrogen-bond donors (Lipinski definition) is 1. The summed E-state index contributed by atoms with van der Waals surface area (Å²) in [5.74, 6) is -0.541. The molecule has 2 rings (SSSR count). The molecule has 0 saturated heterocycles. The van der Waals surface area contributed by atoms with Crippen molar-refractivity contribution in [1.82, 2.24) is 0 Å². The molecule has 1 heterocycles. The van der Waals surface area contributed by atoms with E-state index in [9.17, 15) is 4.79 Å². The van der Waals surface area contributed by atoms with E-state index < -0.39 is 5.91 Å². The van der Waals surface area contributed by atoms with Gasteiger partial charge >= 0.3 is 0 Å². The van der Waals surface area contributed by atoms with Crippen molar-refractivity contribution in [3.63, 3.8) is 0 Å². The number of carbonyl (C=O) groups is 1. The Morgan fingerprint density at radius 1 is 1.33 bits per heavy atom. The van der Waals surface area contributed by atoms with Crippen LogP contribution in [0.15, 0.2) is 35.2 Å². The molecule has 1 N–H and O–H groups in total. The summed E-state index contributed by atoms with van der Waals surface area (Å²) in [6, 6.07) is 8.72. The van der Waals surface area contributed by atoms with Crippen LogP contribution in [0.5, 0.6) is 0 Å². The molecule has 0 aliphatic heterocycles. The van der Waals surface area contributed by atoms with Crippen molar-refractivity contribution >= 4 is 52.2 Å². The number of nitrogens with one attached hydrogen (secondary N) is 1. The first kappa shape index (κ1) is 15.6. The van der Waals surface area contributed by atoms with Crippen LogP contribution in [0.2, 0.25) is 10.0 Å². The zero-order valence-corrected chi connectivity index (χ0v) is 13.3. The number of anilines is 1. The molecule has 0 saturated carbocycles. The Labute approximate surface area is 136 Å². The van der Waals surface area contributed by atoms with Crippen molar-refractivity contribution in [3.05, 3.63) is 55.7 Å². The lowest BCUT2D eigenvalue weighted by atomic mass is 10.2. The monoisotopic (exact) mass is 336 g/mol. The number of rotatable bonds is 3. The van der Waals surface area contributed by atoms with E-state index in [2.05, 4.69) is 5.32 Å². The molecule has 106 valence electrons. The summed E-state index contributed by atoms with van der Waals surface area (Å²) >= 11 is 13.4. The molecule has 0 radical (unpaired) electrons. The van der Waals surface area contributed by atoms with Gasteiger partial charge in [-0.2, -0.15) is 5.26 Å². The van der Waals surface area contributed by atoms with E-state index in [0.717, 1.165) is 10.4 Å². The second kappa shape index (κ2) is 6.77. The normalized spacial score (nSPS) is 11.0. The van der Waals surface area contributed by atoms with E-state index in [-0.39, 0.29) is 5.57 Å². The van der Waals surface area contributed by atoms with Gasteiger partial charge in [0.05, 0.1) is 15.7 Å². The van der Waals surface area contributed by atoms with Crippen molar-refractivity contribution in [2.45, 2.75) is 6.92 Å². The Bertz CT molecular complexity index is 739.